The maximum Gasteiger partial charge on any atom is 0.321 e. The number of benzene rings is 2. The molecule has 0 unspecified atom stereocenters. The Morgan fingerprint density at radius 1 is 1.10 bits per heavy atom. The molecular formula is C22H22FN5O2S. The highest BCUT2D eigenvalue weighted by atomic mass is 32.1. The fraction of sp³-hybridized carbons (Fsp3) is 0.273. The van der Waals surface area contributed by atoms with Crippen molar-refractivity contribution in [2.24, 2.45) is 0 Å². The largest absolute Gasteiger partial charge is 0.324 e. The molecule has 160 valence electrons. The van der Waals surface area contributed by atoms with Crippen molar-refractivity contribution in [1.82, 2.24) is 15.1 Å². The molecule has 0 bridgehead atoms. The number of carbonyl (C=O) groups is 2. The Kier molecular flexibility index (Phi) is 6.22. The number of nitrogens with zero attached hydrogens (tertiary/aromatic N) is 3. The van der Waals surface area contributed by atoms with Crippen LogP contribution in [0.3, 0.4) is 0 Å². The molecular weight excluding hydrogens is 417 g/mol. The van der Waals surface area contributed by atoms with Crippen molar-refractivity contribution in [2.75, 3.05) is 23.7 Å². The number of urea groups is 1. The molecule has 9 heteroatoms. The first kappa shape index (κ1) is 20.9. The van der Waals surface area contributed by atoms with Crippen molar-refractivity contribution in [3.8, 4) is 0 Å². The van der Waals surface area contributed by atoms with Crippen molar-refractivity contribution in [3.63, 3.8) is 0 Å². The first-order chi connectivity index (χ1) is 15.0. The zero-order valence-corrected chi connectivity index (χ0v) is 17.8. The highest BCUT2D eigenvalue weighted by Gasteiger charge is 2.28. The number of carbonyl (C=O) groups excluding carboxylic acids is 2. The van der Waals surface area contributed by atoms with Gasteiger partial charge in [0.2, 0.25) is 5.01 Å². The number of amides is 3. The standard InChI is InChI=1S/C22H22FN5O2S/c1-14-9-10-17(12-18(14)23)25-22(30)28-11-5-6-15(13-28)20-26-27-21(31-20)19(29)24-16-7-3-2-4-8-16/h2-4,7-10,12,15H,5-6,11,13H2,1H3,(H,24,29)(H,25,30)/t15-/m1/s1. The lowest BCUT2D eigenvalue weighted by atomic mass is 9.99. The minimum atomic E-state index is -0.357. The Morgan fingerprint density at radius 3 is 2.68 bits per heavy atom. The average Bonchev–Trinajstić information content (AvgIpc) is 3.28. The van der Waals surface area contributed by atoms with Gasteiger partial charge in [-0.3, -0.25) is 4.79 Å². The lowest BCUT2D eigenvalue weighted by Gasteiger charge is -2.31. The van der Waals surface area contributed by atoms with E-state index < -0.39 is 0 Å². The van der Waals surface area contributed by atoms with Crippen LogP contribution in [0.4, 0.5) is 20.6 Å². The van der Waals surface area contributed by atoms with Crippen molar-refractivity contribution in [2.45, 2.75) is 25.7 Å². The second-order valence-electron chi connectivity index (χ2n) is 7.44. The number of hydrogen-bond acceptors (Lipinski definition) is 5. The number of hydrogen-bond donors (Lipinski definition) is 2. The molecule has 1 saturated heterocycles. The molecule has 1 aliphatic rings. The van der Waals surface area contributed by atoms with Crippen LogP contribution in [0.15, 0.2) is 48.5 Å². The van der Waals surface area contributed by atoms with Gasteiger partial charge in [0.05, 0.1) is 0 Å². The summed E-state index contributed by atoms with van der Waals surface area (Å²) in [7, 11) is 0. The average molecular weight is 440 g/mol. The molecule has 7 nitrogen and oxygen atoms in total. The van der Waals surface area contributed by atoms with E-state index in [0.29, 0.717) is 30.0 Å². The lowest BCUT2D eigenvalue weighted by Crippen LogP contribution is -2.41. The monoisotopic (exact) mass is 439 g/mol. The molecule has 1 fully saturated rings. The number of likely N-dealkylation sites (tertiary alicyclic amines) is 1. The van der Waals surface area contributed by atoms with Crippen LogP contribution in [0.1, 0.15) is 39.1 Å². The number of anilines is 2. The van der Waals surface area contributed by atoms with E-state index in [1.165, 1.54) is 17.4 Å². The summed E-state index contributed by atoms with van der Waals surface area (Å²) in [5, 5.41) is 14.8. The SMILES string of the molecule is Cc1ccc(NC(=O)N2CCC[C@@H](c3nnc(C(=O)Nc4ccccc4)s3)C2)cc1F. The number of aromatic nitrogens is 2. The number of piperidine rings is 1. The van der Waals surface area contributed by atoms with E-state index in [1.807, 2.05) is 18.2 Å². The fourth-order valence-electron chi connectivity index (χ4n) is 3.43. The predicted octanol–water partition coefficient (Wildman–Crippen LogP) is 4.65. The van der Waals surface area contributed by atoms with E-state index in [-0.39, 0.29) is 28.7 Å². The highest BCUT2D eigenvalue weighted by Crippen LogP contribution is 2.30. The fourth-order valence-corrected chi connectivity index (χ4v) is 4.30. The zero-order chi connectivity index (χ0) is 21.8. The molecule has 1 aromatic heterocycles. The van der Waals surface area contributed by atoms with Crippen molar-refractivity contribution < 1.29 is 14.0 Å². The summed E-state index contributed by atoms with van der Waals surface area (Å²) in [6.45, 7) is 2.75. The second-order valence-corrected chi connectivity index (χ2v) is 8.45. The smallest absolute Gasteiger partial charge is 0.321 e. The first-order valence-corrected chi connectivity index (χ1v) is 10.8. The van der Waals surface area contributed by atoms with Gasteiger partial charge in [-0.2, -0.15) is 0 Å². The highest BCUT2D eigenvalue weighted by molar-refractivity contribution is 7.13. The molecule has 1 atom stereocenters. The Bertz CT molecular complexity index is 1090. The van der Waals surface area contributed by atoms with E-state index in [2.05, 4.69) is 20.8 Å². The maximum atomic E-state index is 13.7. The van der Waals surface area contributed by atoms with Gasteiger partial charge in [0.1, 0.15) is 10.8 Å². The van der Waals surface area contributed by atoms with Gasteiger partial charge in [-0.1, -0.05) is 35.6 Å². The predicted molar refractivity (Wildman–Crippen MR) is 118 cm³/mol. The summed E-state index contributed by atoms with van der Waals surface area (Å²) in [6, 6.07) is 13.5. The van der Waals surface area contributed by atoms with Crippen LogP contribution in [0, 0.1) is 12.7 Å². The van der Waals surface area contributed by atoms with Crippen LogP contribution in [0.2, 0.25) is 0 Å². The molecule has 4 rings (SSSR count). The summed E-state index contributed by atoms with van der Waals surface area (Å²) >= 11 is 1.25. The second kappa shape index (κ2) is 9.22. The summed E-state index contributed by atoms with van der Waals surface area (Å²) in [5.74, 6) is -0.656. The van der Waals surface area contributed by atoms with Gasteiger partial charge in [0, 0.05) is 30.4 Å². The molecule has 0 spiro atoms. The van der Waals surface area contributed by atoms with Crippen LogP contribution in [-0.2, 0) is 0 Å². The molecule has 1 aliphatic heterocycles. The summed E-state index contributed by atoms with van der Waals surface area (Å²) in [6.07, 6.45) is 1.67. The summed E-state index contributed by atoms with van der Waals surface area (Å²) in [4.78, 5) is 26.8. The van der Waals surface area contributed by atoms with E-state index in [1.54, 1.807) is 36.1 Å². The Labute approximate surface area is 183 Å². The van der Waals surface area contributed by atoms with Crippen LogP contribution >= 0.6 is 11.3 Å². The molecule has 0 saturated carbocycles. The molecule has 0 aliphatic carbocycles. The molecule has 2 heterocycles. The third-order valence-corrected chi connectivity index (χ3v) is 6.23. The minimum absolute atomic E-state index is 0.00466. The van der Waals surface area contributed by atoms with Crippen molar-refractivity contribution in [1.29, 1.82) is 0 Å². The quantitative estimate of drug-likeness (QED) is 0.620. The minimum Gasteiger partial charge on any atom is -0.324 e. The van der Waals surface area contributed by atoms with Crippen LogP contribution in [0.5, 0.6) is 0 Å². The third kappa shape index (κ3) is 5.05. The third-order valence-electron chi connectivity index (χ3n) is 5.15. The molecule has 0 radical (unpaired) electrons. The van der Waals surface area contributed by atoms with Crippen LogP contribution in [0.25, 0.3) is 0 Å². The van der Waals surface area contributed by atoms with E-state index in [0.717, 1.165) is 17.8 Å². The number of aryl methyl sites for hydroxylation is 1. The number of para-hydroxylation sites is 1. The molecule has 3 aromatic rings. The van der Waals surface area contributed by atoms with E-state index in [4.69, 9.17) is 0 Å². The van der Waals surface area contributed by atoms with E-state index in [9.17, 15) is 14.0 Å². The Morgan fingerprint density at radius 2 is 1.90 bits per heavy atom. The molecule has 2 aromatic carbocycles. The maximum absolute atomic E-state index is 13.7. The molecule has 2 N–H and O–H groups in total. The van der Waals surface area contributed by atoms with Gasteiger partial charge >= 0.3 is 6.03 Å². The summed E-state index contributed by atoms with van der Waals surface area (Å²) < 4.78 is 13.7. The first-order valence-electron chi connectivity index (χ1n) is 10.0. The normalized spacial score (nSPS) is 16.1. The van der Waals surface area contributed by atoms with Gasteiger partial charge in [0.15, 0.2) is 0 Å². The van der Waals surface area contributed by atoms with Gasteiger partial charge in [-0.25, -0.2) is 9.18 Å². The van der Waals surface area contributed by atoms with Gasteiger partial charge in [-0.15, -0.1) is 10.2 Å². The summed E-state index contributed by atoms with van der Waals surface area (Å²) in [5.41, 5.74) is 1.64. The van der Waals surface area contributed by atoms with Crippen LogP contribution < -0.4 is 10.6 Å². The van der Waals surface area contributed by atoms with Gasteiger partial charge < -0.3 is 15.5 Å². The number of rotatable bonds is 4. The number of halogens is 1. The zero-order valence-electron chi connectivity index (χ0n) is 17.0. The van der Waals surface area contributed by atoms with Crippen LogP contribution in [-0.4, -0.2) is 40.1 Å². The van der Waals surface area contributed by atoms with Crippen molar-refractivity contribution in [3.05, 3.63) is 69.9 Å². The topological polar surface area (TPSA) is 87.2 Å². The molecule has 3 amide bonds. The lowest BCUT2D eigenvalue weighted by molar-refractivity contribution is 0.102. The van der Waals surface area contributed by atoms with Gasteiger partial charge in [0.25, 0.3) is 5.91 Å². The van der Waals surface area contributed by atoms with E-state index >= 15 is 0 Å². The van der Waals surface area contributed by atoms with Crippen molar-refractivity contribution >= 4 is 34.6 Å². The molecule has 31 heavy (non-hydrogen) atoms. The van der Waals surface area contributed by atoms with Gasteiger partial charge in [-0.05, 0) is 49.6 Å². The number of nitrogens with one attached hydrogen (secondary N) is 2. The Hall–Kier alpha value is -3.33. The Balaban J connectivity index is 1.38.